The van der Waals surface area contributed by atoms with Crippen LogP contribution in [0.1, 0.15) is 15.9 Å². The van der Waals surface area contributed by atoms with Crippen LogP contribution in [0.15, 0.2) is 42.5 Å². The number of amides is 1. The summed E-state index contributed by atoms with van der Waals surface area (Å²) in [6, 6.07) is 13.5. The molecule has 3 rings (SSSR count). The van der Waals surface area contributed by atoms with E-state index in [0.717, 1.165) is 27.4 Å². The summed E-state index contributed by atoms with van der Waals surface area (Å²) in [7, 11) is 0. The predicted molar refractivity (Wildman–Crippen MR) is 72.5 cm³/mol. The van der Waals surface area contributed by atoms with Crippen molar-refractivity contribution in [3.05, 3.63) is 53.6 Å². The van der Waals surface area contributed by atoms with Gasteiger partial charge in [-0.2, -0.15) is 0 Å². The number of aryl methyl sites for hydroxylation is 1. The zero-order valence-corrected chi connectivity index (χ0v) is 9.97. The Hall–Kier alpha value is -2.42. The first-order chi connectivity index (χ1) is 8.65. The number of aromatic nitrogens is 1. The number of hydrogen-bond donors (Lipinski definition) is 1. The number of para-hydroxylation sites is 1. The zero-order chi connectivity index (χ0) is 12.7. The third-order valence-electron chi connectivity index (χ3n) is 3.09. The number of pyridine rings is 1. The summed E-state index contributed by atoms with van der Waals surface area (Å²) in [5.41, 5.74) is 8.69. The van der Waals surface area contributed by atoms with Gasteiger partial charge in [0.15, 0.2) is 0 Å². The number of rotatable bonds is 1. The maximum absolute atomic E-state index is 11.3. The minimum atomic E-state index is -0.409. The van der Waals surface area contributed by atoms with Crippen LogP contribution < -0.4 is 5.73 Å². The fraction of sp³-hybridized carbons (Fsp3) is 0.0667. The van der Waals surface area contributed by atoms with Gasteiger partial charge in [-0.15, -0.1) is 0 Å². The third kappa shape index (κ3) is 1.61. The Morgan fingerprint density at radius 3 is 2.67 bits per heavy atom. The van der Waals surface area contributed by atoms with Crippen molar-refractivity contribution in [2.75, 3.05) is 0 Å². The number of primary amides is 1. The molecule has 1 amide bonds. The van der Waals surface area contributed by atoms with E-state index in [0.29, 0.717) is 5.56 Å². The van der Waals surface area contributed by atoms with Crippen LogP contribution >= 0.6 is 0 Å². The number of carbonyl (C=O) groups is 1. The number of carbonyl (C=O) groups excluding carboxylic acids is 1. The molecule has 2 N–H and O–H groups in total. The highest BCUT2D eigenvalue weighted by Gasteiger charge is 2.07. The molecule has 3 aromatic rings. The highest BCUT2D eigenvalue weighted by molar-refractivity contribution is 6.00. The smallest absolute Gasteiger partial charge is 0.248 e. The van der Waals surface area contributed by atoms with Gasteiger partial charge in [-0.25, -0.2) is 4.98 Å². The first kappa shape index (κ1) is 10.7. The van der Waals surface area contributed by atoms with Crippen LogP contribution in [0.4, 0.5) is 0 Å². The molecule has 0 bridgehead atoms. The van der Waals surface area contributed by atoms with Crippen LogP contribution in [0.3, 0.4) is 0 Å². The van der Waals surface area contributed by atoms with Crippen molar-refractivity contribution < 1.29 is 4.79 Å². The van der Waals surface area contributed by atoms with E-state index in [-0.39, 0.29) is 0 Å². The number of hydrogen-bond acceptors (Lipinski definition) is 2. The number of fused-ring (bicyclic) bond motifs is 2. The van der Waals surface area contributed by atoms with Crippen molar-refractivity contribution in [3.8, 4) is 0 Å². The van der Waals surface area contributed by atoms with Crippen LogP contribution in [0.2, 0.25) is 0 Å². The van der Waals surface area contributed by atoms with E-state index in [1.165, 1.54) is 0 Å². The molecule has 3 heteroatoms. The van der Waals surface area contributed by atoms with E-state index in [4.69, 9.17) is 5.73 Å². The number of nitrogens with two attached hydrogens (primary N) is 1. The van der Waals surface area contributed by atoms with Crippen molar-refractivity contribution in [3.63, 3.8) is 0 Å². The number of nitrogens with zero attached hydrogens (tertiary/aromatic N) is 1. The van der Waals surface area contributed by atoms with Crippen LogP contribution in [-0.4, -0.2) is 10.9 Å². The molecule has 88 valence electrons. The molecule has 0 aliphatic heterocycles. The summed E-state index contributed by atoms with van der Waals surface area (Å²) in [4.78, 5) is 15.9. The lowest BCUT2D eigenvalue weighted by atomic mass is 10.0. The fourth-order valence-corrected chi connectivity index (χ4v) is 2.21. The van der Waals surface area contributed by atoms with Gasteiger partial charge in [0.2, 0.25) is 5.91 Å². The molecular weight excluding hydrogens is 224 g/mol. The van der Waals surface area contributed by atoms with Crippen LogP contribution in [0, 0.1) is 6.92 Å². The van der Waals surface area contributed by atoms with E-state index >= 15 is 0 Å². The Bertz CT molecular complexity index is 778. The average molecular weight is 236 g/mol. The molecule has 1 aromatic heterocycles. The van der Waals surface area contributed by atoms with Crippen molar-refractivity contribution in [1.29, 1.82) is 0 Å². The highest BCUT2D eigenvalue weighted by Crippen LogP contribution is 2.23. The Morgan fingerprint density at radius 1 is 1.11 bits per heavy atom. The molecule has 0 fully saturated rings. The van der Waals surface area contributed by atoms with Gasteiger partial charge in [0.25, 0.3) is 0 Å². The molecular formula is C15H12N2O. The lowest BCUT2D eigenvalue weighted by Gasteiger charge is -2.06. The molecule has 0 unspecified atom stereocenters. The summed E-state index contributed by atoms with van der Waals surface area (Å²) >= 11 is 0. The van der Waals surface area contributed by atoms with Crippen LogP contribution in [0.5, 0.6) is 0 Å². The molecule has 1 heterocycles. The minimum Gasteiger partial charge on any atom is -0.366 e. The van der Waals surface area contributed by atoms with E-state index in [1.54, 1.807) is 12.1 Å². The second-order valence-corrected chi connectivity index (χ2v) is 4.41. The average Bonchev–Trinajstić information content (AvgIpc) is 2.36. The zero-order valence-electron chi connectivity index (χ0n) is 9.97. The molecule has 18 heavy (non-hydrogen) atoms. The number of benzene rings is 2. The monoisotopic (exact) mass is 236 g/mol. The van der Waals surface area contributed by atoms with Gasteiger partial charge in [-0.05, 0) is 36.8 Å². The summed E-state index contributed by atoms with van der Waals surface area (Å²) < 4.78 is 0. The summed E-state index contributed by atoms with van der Waals surface area (Å²) in [6.45, 7) is 1.94. The van der Waals surface area contributed by atoms with Gasteiger partial charge in [0.05, 0.1) is 11.0 Å². The first-order valence-electron chi connectivity index (χ1n) is 5.75. The second-order valence-electron chi connectivity index (χ2n) is 4.41. The second kappa shape index (κ2) is 3.81. The molecule has 0 aliphatic carbocycles. The lowest BCUT2D eigenvalue weighted by Crippen LogP contribution is -2.11. The molecule has 0 saturated heterocycles. The van der Waals surface area contributed by atoms with Gasteiger partial charge < -0.3 is 5.73 Å². The predicted octanol–water partition coefficient (Wildman–Crippen LogP) is 2.80. The van der Waals surface area contributed by atoms with Crippen molar-refractivity contribution >= 4 is 27.7 Å². The molecule has 0 atom stereocenters. The summed E-state index contributed by atoms with van der Waals surface area (Å²) in [6.07, 6.45) is 0. The Morgan fingerprint density at radius 2 is 1.89 bits per heavy atom. The summed E-state index contributed by atoms with van der Waals surface area (Å²) in [5.74, 6) is -0.409. The first-order valence-corrected chi connectivity index (χ1v) is 5.75. The van der Waals surface area contributed by atoms with Gasteiger partial charge in [0, 0.05) is 16.3 Å². The SMILES string of the molecule is Cc1cc(C(N)=O)cc2cc3ccccc3nc12. The maximum atomic E-state index is 11.3. The fourth-order valence-electron chi connectivity index (χ4n) is 2.21. The topological polar surface area (TPSA) is 56.0 Å². The maximum Gasteiger partial charge on any atom is 0.248 e. The van der Waals surface area contributed by atoms with Gasteiger partial charge >= 0.3 is 0 Å². The molecule has 2 aromatic carbocycles. The van der Waals surface area contributed by atoms with Crippen LogP contribution in [-0.2, 0) is 0 Å². The van der Waals surface area contributed by atoms with Crippen molar-refractivity contribution in [2.24, 2.45) is 5.73 Å². The van der Waals surface area contributed by atoms with Gasteiger partial charge in [-0.3, -0.25) is 4.79 Å². The van der Waals surface area contributed by atoms with E-state index < -0.39 is 5.91 Å². The molecule has 0 saturated carbocycles. The largest absolute Gasteiger partial charge is 0.366 e. The Kier molecular flexibility index (Phi) is 2.27. The molecule has 3 nitrogen and oxygen atoms in total. The van der Waals surface area contributed by atoms with E-state index in [2.05, 4.69) is 4.98 Å². The lowest BCUT2D eigenvalue weighted by molar-refractivity contribution is 0.100. The minimum absolute atomic E-state index is 0.409. The van der Waals surface area contributed by atoms with E-state index in [9.17, 15) is 4.79 Å². The quantitative estimate of drug-likeness (QED) is 0.660. The normalized spacial score (nSPS) is 10.9. The third-order valence-corrected chi connectivity index (χ3v) is 3.09. The van der Waals surface area contributed by atoms with E-state index in [1.807, 2.05) is 37.3 Å². The van der Waals surface area contributed by atoms with Crippen molar-refractivity contribution in [1.82, 2.24) is 4.98 Å². The molecule has 0 radical (unpaired) electrons. The molecule has 0 aliphatic rings. The van der Waals surface area contributed by atoms with Crippen molar-refractivity contribution in [2.45, 2.75) is 6.92 Å². The Balaban J connectivity index is 2.42. The van der Waals surface area contributed by atoms with Crippen LogP contribution in [0.25, 0.3) is 21.8 Å². The molecule has 0 spiro atoms. The highest BCUT2D eigenvalue weighted by atomic mass is 16.1. The van der Waals surface area contributed by atoms with Gasteiger partial charge in [-0.1, -0.05) is 18.2 Å². The van der Waals surface area contributed by atoms with Gasteiger partial charge in [0.1, 0.15) is 0 Å². The summed E-state index contributed by atoms with van der Waals surface area (Å²) in [5, 5.41) is 2.01. The standard InChI is InChI=1S/C15H12N2O/c1-9-6-12(15(16)18)8-11-7-10-4-2-3-5-13(10)17-14(9)11/h2-8H,1H3,(H2,16,18). The Labute approximate surface area is 104 Å².